The minimum absolute atomic E-state index is 0.00946. The fraction of sp³-hybridized carbons (Fsp3) is 0.211. The number of sulfonamides is 1. The monoisotopic (exact) mass is 490 g/mol. The zero-order valence-electron chi connectivity index (χ0n) is 17.3. The quantitative estimate of drug-likeness (QED) is 0.285. The van der Waals surface area contributed by atoms with Crippen molar-refractivity contribution in [2.24, 2.45) is 26.6 Å². The molecule has 9 N–H and O–H groups in total. The molecule has 33 heavy (non-hydrogen) atoms. The zero-order chi connectivity index (χ0) is 24.0. The first-order valence-electron chi connectivity index (χ1n) is 9.70. The van der Waals surface area contributed by atoms with Gasteiger partial charge in [0.25, 0.3) is 0 Å². The number of nitrogens with zero attached hydrogens (tertiary/aromatic N) is 3. The Kier molecular flexibility index (Phi) is 5.79. The maximum Gasteiger partial charge on any atom is 0.240 e. The molecule has 0 saturated heterocycles. The van der Waals surface area contributed by atoms with Crippen molar-refractivity contribution in [2.45, 2.75) is 15.8 Å². The van der Waals surface area contributed by atoms with E-state index in [4.69, 9.17) is 22.3 Å². The van der Waals surface area contributed by atoms with Gasteiger partial charge in [-0.2, -0.15) is 0 Å². The highest BCUT2D eigenvalue weighted by Crippen LogP contribution is 2.37. The summed E-state index contributed by atoms with van der Waals surface area (Å²) in [5, 5.41) is 5.56. The molecule has 4 rings (SSSR count). The van der Waals surface area contributed by atoms with Gasteiger partial charge in [-0.15, -0.1) is 0 Å². The maximum atomic E-state index is 13.1. The average Bonchev–Trinajstić information content (AvgIpc) is 3.40. The number of nitrogen functional groups attached to an aromatic ring is 1. The molecule has 12 nitrogen and oxygen atoms in total. The molecule has 0 spiro atoms. The topological polar surface area (TPSA) is 226 Å². The van der Waals surface area contributed by atoms with Gasteiger partial charge in [0.15, 0.2) is 15.8 Å². The molecule has 0 fully saturated rings. The Morgan fingerprint density at radius 2 is 1.85 bits per heavy atom. The number of primary sulfonamides is 1. The van der Waals surface area contributed by atoms with E-state index in [2.05, 4.69) is 20.0 Å². The number of aromatic nitrogens is 2. The lowest BCUT2D eigenvalue weighted by molar-refractivity contribution is 0.577. The number of para-hydroxylation sites is 1. The molecule has 0 unspecified atom stereocenters. The highest BCUT2D eigenvalue weighted by molar-refractivity contribution is 7.93. The van der Waals surface area contributed by atoms with Crippen LogP contribution in [0.25, 0.3) is 22.2 Å². The molecule has 1 aromatic heterocycles. The number of nitrogens with one attached hydrogen (secondary N) is 1. The Bertz CT molecular complexity index is 1520. The van der Waals surface area contributed by atoms with E-state index in [0.717, 1.165) is 0 Å². The van der Waals surface area contributed by atoms with Crippen molar-refractivity contribution in [3.8, 4) is 11.1 Å². The standard InChI is InChI=1S/C19H22N8O4S2/c20-6-10(21)8-32(28,29)15-5-4-11(12-2-1-3-13-17(12)27-19(22)26-13)16(14-7-24-9-25-14)18(15)33(23,30)31/h1-5,7,10H,6,8-9,20-21H2,(H3,22,26,27)(H2,23,30,31)/t10-/m1/s1. The Morgan fingerprint density at radius 1 is 1.09 bits per heavy atom. The molecule has 2 heterocycles. The second-order valence-corrected chi connectivity index (χ2v) is 11.0. The molecule has 0 radical (unpaired) electrons. The van der Waals surface area contributed by atoms with Crippen molar-refractivity contribution in [3.63, 3.8) is 0 Å². The van der Waals surface area contributed by atoms with Gasteiger partial charge in [0.05, 0.1) is 27.4 Å². The van der Waals surface area contributed by atoms with Gasteiger partial charge in [-0.1, -0.05) is 18.2 Å². The van der Waals surface area contributed by atoms with Crippen molar-refractivity contribution in [2.75, 3.05) is 24.7 Å². The van der Waals surface area contributed by atoms with Gasteiger partial charge < -0.3 is 22.2 Å². The second kappa shape index (κ2) is 8.31. The Hall–Kier alpha value is -3.17. The highest BCUT2D eigenvalue weighted by atomic mass is 32.2. The molecule has 1 atom stereocenters. The molecule has 174 valence electrons. The third-order valence-electron chi connectivity index (χ3n) is 5.09. The molecule has 0 aliphatic carbocycles. The Labute approximate surface area is 189 Å². The maximum absolute atomic E-state index is 13.1. The fourth-order valence-electron chi connectivity index (χ4n) is 3.71. The smallest absolute Gasteiger partial charge is 0.240 e. The van der Waals surface area contributed by atoms with Crippen molar-refractivity contribution in [1.29, 1.82) is 0 Å². The summed E-state index contributed by atoms with van der Waals surface area (Å²) in [6.45, 7) is -0.0375. The number of imidazole rings is 1. The SMILES string of the molecule is NC[C@@H](N)CS(=O)(=O)c1ccc(-c2cccc3[nH]c(N)nc23)c(C2=NCN=C2)c1S(N)(=O)=O. The van der Waals surface area contributed by atoms with Crippen molar-refractivity contribution >= 4 is 48.8 Å². The lowest BCUT2D eigenvalue weighted by atomic mass is 9.95. The molecular weight excluding hydrogens is 468 g/mol. The molecule has 0 saturated carbocycles. The zero-order valence-corrected chi connectivity index (χ0v) is 18.9. The largest absolute Gasteiger partial charge is 0.369 e. The van der Waals surface area contributed by atoms with Crippen LogP contribution in [0.3, 0.4) is 0 Å². The molecule has 3 aromatic rings. The number of rotatable bonds is 7. The van der Waals surface area contributed by atoms with Crippen LogP contribution in [0.15, 0.2) is 50.1 Å². The van der Waals surface area contributed by atoms with Gasteiger partial charge in [0.2, 0.25) is 10.0 Å². The molecule has 1 aliphatic heterocycles. The van der Waals surface area contributed by atoms with Crippen LogP contribution in [0.5, 0.6) is 0 Å². The summed E-state index contributed by atoms with van der Waals surface area (Å²) < 4.78 is 51.9. The van der Waals surface area contributed by atoms with E-state index in [0.29, 0.717) is 22.2 Å². The van der Waals surface area contributed by atoms with E-state index in [9.17, 15) is 16.8 Å². The molecule has 0 bridgehead atoms. The number of nitrogens with two attached hydrogens (primary N) is 4. The van der Waals surface area contributed by atoms with Crippen LogP contribution >= 0.6 is 0 Å². The summed E-state index contributed by atoms with van der Waals surface area (Å²) >= 11 is 0. The van der Waals surface area contributed by atoms with Crippen molar-refractivity contribution < 1.29 is 16.8 Å². The van der Waals surface area contributed by atoms with Gasteiger partial charge in [0.1, 0.15) is 11.6 Å². The number of hydrogen-bond donors (Lipinski definition) is 5. The van der Waals surface area contributed by atoms with E-state index in [-0.39, 0.29) is 30.4 Å². The lowest BCUT2D eigenvalue weighted by Gasteiger charge is -2.18. The number of hydrogen-bond acceptors (Lipinski definition) is 10. The second-order valence-electron chi connectivity index (χ2n) is 7.46. The van der Waals surface area contributed by atoms with Crippen molar-refractivity contribution in [3.05, 3.63) is 35.9 Å². The number of fused-ring (bicyclic) bond motifs is 1. The number of aliphatic imine (C=N–C) groups is 2. The number of sulfone groups is 1. The summed E-state index contributed by atoms with van der Waals surface area (Å²) in [4.78, 5) is 14.4. The molecule has 0 amide bonds. The molecule has 1 aliphatic rings. The van der Waals surface area contributed by atoms with Crippen LogP contribution < -0.4 is 22.3 Å². The van der Waals surface area contributed by atoms with E-state index >= 15 is 0 Å². The van der Waals surface area contributed by atoms with Gasteiger partial charge in [-0.3, -0.25) is 9.98 Å². The van der Waals surface area contributed by atoms with Crippen LogP contribution in [0.2, 0.25) is 0 Å². The molecule has 2 aromatic carbocycles. The van der Waals surface area contributed by atoms with Gasteiger partial charge in [-0.25, -0.2) is 27.0 Å². The number of aromatic amines is 1. The number of anilines is 1. The minimum atomic E-state index is -4.55. The van der Waals surface area contributed by atoms with E-state index in [1.165, 1.54) is 18.3 Å². The van der Waals surface area contributed by atoms with Gasteiger partial charge in [0, 0.05) is 29.9 Å². The first-order valence-corrected chi connectivity index (χ1v) is 12.9. The summed E-state index contributed by atoms with van der Waals surface area (Å²) in [5.41, 5.74) is 19.2. The summed E-state index contributed by atoms with van der Waals surface area (Å²) in [6.07, 6.45) is 1.37. The number of benzene rings is 2. The third kappa shape index (κ3) is 4.26. The molecular formula is C19H22N8O4S2. The van der Waals surface area contributed by atoms with Crippen LogP contribution in [0.4, 0.5) is 5.95 Å². The van der Waals surface area contributed by atoms with E-state index < -0.39 is 41.4 Å². The van der Waals surface area contributed by atoms with Crippen LogP contribution in [-0.4, -0.2) is 63.7 Å². The normalized spacial score (nSPS) is 15.2. The minimum Gasteiger partial charge on any atom is -0.369 e. The van der Waals surface area contributed by atoms with Gasteiger partial charge in [-0.05, 0) is 17.7 Å². The first kappa shape index (κ1) is 23.0. The average molecular weight is 491 g/mol. The fourth-order valence-corrected chi connectivity index (χ4v) is 6.82. The van der Waals surface area contributed by atoms with Crippen LogP contribution in [-0.2, 0) is 19.9 Å². The van der Waals surface area contributed by atoms with E-state index in [1.54, 1.807) is 18.2 Å². The summed E-state index contributed by atoms with van der Waals surface area (Å²) in [6, 6.07) is 6.98. The first-order chi connectivity index (χ1) is 15.5. The Morgan fingerprint density at radius 3 is 2.48 bits per heavy atom. The Balaban J connectivity index is 2.11. The number of H-pyrrole nitrogens is 1. The summed E-state index contributed by atoms with van der Waals surface area (Å²) in [5.74, 6) is -0.392. The van der Waals surface area contributed by atoms with Crippen LogP contribution in [0.1, 0.15) is 5.56 Å². The summed E-state index contributed by atoms with van der Waals surface area (Å²) in [7, 11) is -8.73. The predicted octanol–water partition coefficient (Wildman–Crippen LogP) is -0.650. The van der Waals surface area contributed by atoms with Crippen LogP contribution in [0, 0.1) is 0 Å². The van der Waals surface area contributed by atoms with Crippen molar-refractivity contribution in [1.82, 2.24) is 9.97 Å². The predicted molar refractivity (Wildman–Crippen MR) is 126 cm³/mol. The third-order valence-corrected chi connectivity index (χ3v) is 8.09. The molecule has 14 heteroatoms. The van der Waals surface area contributed by atoms with Gasteiger partial charge >= 0.3 is 0 Å². The lowest BCUT2D eigenvalue weighted by Crippen LogP contribution is -2.37. The highest BCUT2D eigenvalue weighted by Gasteiger charge is 2.33. The van der Waals surface area contributed by atoms with E-state index in [1.807, 2.05) is 0 Å².